The Balaban J connectivity index is 2.49. The van der Waals surface area contributed by atoms with Gasteiger partial charge in [-0.2, -0.15) is 11.8 Å². The van der Waals surface area contributed by atoms with Crippen LogP contribution in [-0.4, -0.2) is 42.9 Å². The first-order valence-electron chi connectivity index (χ1n) is 5.31. The summed E-state index contributed by atoms with van der Waals surface area (Å²) in [5.74, 6) is 0.829. The van der Waals surface area contributed by atoms with Gasteiger partial charge in [0.05, 0.1) is 12.4 Å². The van der Waals surface area contributed by atoms with Gasteiger partial charge in [0.1, 0.15) is 0 Å². The first-order chi connectivity index (χ1) is 7.09. The van der Waals surface area contributed by atoms with Crippen molar-refractivity contribution in [3.63, 3.8) is 0 Å². The van der Waals surface area contributed by atoms with Gasteiger partial charge in [-0.15, -0.1) is 0 Å². The third kappa shape index (κ3) is 4.30. The number of aliphatic hydroxyl groups is 1. The molecule has 0 aromatic heterocycles. The van der Waals surface area contributed by atoms with Crippen molar-refractivity contribution in [2.45, 2.75) is 37.5 Å². The molecule has 2 atom stereocenters. The number of thioether (sulfide) groups is 1. The number of hydrogen-bond acceptors (Lipinski definition) is 4. The number of sulfonamides is 1. The van der Waals surface area contributed by atoms with Gasteiger partial charge in [0, 0.05) is 11.3 Å². The minimum absolute atomic E-state index is 0.0616. The average Bonchev–Trinajstić information content (AvgIpc) is 2.52. The largest absolute Gasteiger partial charge is 0.395 e. The van der Waals surface area contributed by atoms with Crippen molar-refractivity contribution in [3.05, 3.63) is 0 Å². The summed E-state index contributed by atoms with van der Waals surface area (Å²) in [6.07, 6.45) is 3.09. The number of rotatable bonds is 6. The summed E-state index contributed by atoms with van der Waals surface area (Å²) in [6.45, 7) is 1.77. The molecule has 0 aliphatic heterocycles. The minimum Gasteiger partial charge on any atom is -0.395 e. The Kier molecular flexibility index (Phi) is 5.38. The molecule has 0 aromatic rings. The van der Waals surface area contributed by atoms with Gasteiger partial charge in [0.15, 0.2) is 0 Å². The van der Waals surface area contributed by atoms with E-state index in [1.165, 1.54) is 0 Å². The Morgan fingerprint density at radius 2 is 2.20 bits per heavy atom. The molecule has 2 N–H and O–H groups in total. The van der Waals surface area contributed by atoms with Crippen molar-refractivity contribution in [1.29, 1.82) is 0 Å². The normalized spacial score (nSPS) is 27.1. The van der Waals surface area contributed by atoms with Crippen LogP contribution in [0.25, 0.3) is 0 Å². The van der Waals surface area contributed by atoms with E-state index < -0.39 is 10.0 Å². The second-order valence-corrected chi connectivity index (χ2v) is 7.08. The molecule has 1 saturated carbocycles. The van der Waals surface area contributed by atoms with E-state index >= 15 is 0 Å². The Morgan fingerprint density at radius 3 is 2.80 bits per heavy atom. The van der Waals surface area contributed by atoms with Crippen LogP contribution in [0.2, 0.25) is 0 Å². The molecular formula is C9H19NO3S2. The van der Waals surface area contributed by atoms with E-state index in [-0.39, 0.29) is 18.4 Å². The third-order valence-corrected chi connectivity index (χ3v) is 5.23. The molecule has 0 saturated heterocycles. The maximum absolute atomic E-state index is 11.5. The molecule has 0 aromatic carbocycles. The van der Waals surface area contributed by atoms with E-state index in [0.29, 0.717) is 5.25 Å². The second kappa shape index (κ2) is 6.08. The summed E-state index contributed by atoms with van der Waals surface area (Å²) < 4.78 is 25.6. The fraction of sp³-hybridized carbons (Fsp3) is 1.00. The molecule has 0 bridgehead atoms. The molecule has 1 fully saturated rings. The van der Waals surface area contributed by atoms with Crippen molar-refractivity contribution in [3.8, 4) is 0 Å². The second-order valence-electron chi connectivity index (χ2n) is 3.69. The lowest BCUT2D eigenvalue weighted by Crippen LogP contribution is -2.40. The van der Waals surface area contributed by atoms with E-state index in [0.717, 1.165) is 25.0 Å². The number of aliphatic hydroxyl groups excluding tert-OH is 1. The molecule has 0 radical (unpaired) electrons. The molecule has 1 rings (SSSR count). The van der Waals surface area contributed by atoms with Crippen molar-refractivity contribution < 1.29 is 13.5 Å². The first kappa shape index (κ1) is 13.3. The molecule has 1 aliphatic rings. The Labute approximate surface area is 95.9 Å². The van der Waals surface area contributed by atoms with E-state index in [1.54, 1.807) is 0 Å². The maximum atomic E-state index is 11.5. The van der Waals surface area contributed by atoms with E-state index in [1.807, 2.05) is 11.8 Å². The zero-order chi connectivity index (χ0) is 11.3. The van der Waals surface area contributed by atoms with Crippen LogP contribution < -0.4 is 4.72 Å². The summed E-state index contributed by atoms with van der Waals surface area (Å²) in [4.78, 5) is 0. The molecule has 90 valence electrons. The van der Waals surface area contributed by atoms with Crippen LogP contribution in [0.5, 0.6) is 0 Å². The molecule has 2 unspecified atom stereocenters. The zero-order valence-electron chi connectivity index (χ0n) is 8.98. The van der Waals surface area contributed by atoms with Crippen LogP contribution in [0, 0.1) is 0 Å². The monoisotopic (exact) mass is 253 g/mol. The minimum atomic E-state index is -3.28. The smallest absolute Gasteiger partial charge is 0.214 e. The fourth-order valence-electron chi connectivity index (χ4n) is 1.88. The van der Waals surface area contributed by atoms with Gasteiger partial charge in [-0.3, -0.25) is 0 Å². The van der Waals surface area contributed by atoms with Gasteiger partial charge < -0.3 is 5.11 Å². The van der Waals surface area contributed by atoms with Crippen molar-refractivity contribution in [2.24, 2.45) is 0 Å². The van der Waals surface area contributed by atoms with E-state index in [2.05, 4.69) is 11.6 Å². The molecule has 6 heteroatoms. The Morgan fingerprint density at radius 1 is 1.47 bits per heavy atom. The zero-order valence-corrected chi connectivity index (χ0v) is 10.6. The van der Waals surface area contributed by atoms with Crippen LogP contribution in [0.1, 0.15) is 26.2 Å². The van der Waals surface area contributed by atoms with Gasteiger partial charge in [0.25, 0.3) is 0 Å². The molecule has 0 spiro atoms. The number of nitrogens with one attached hydrogen (secondary N) is 1. The lowest BCUT2D eigenvalue weighted by Gasteiger charge is -2.19. The summed E-state index contributed by atoms with van der Waals surface area (Å²) in [6, 6.07) is 0.0616. The lowest BCUT2D eigenvalue weighted by molar-refractivity contribution is 0.319. The van der Waals surface area contributed by atoms with Gasteiger partial charge >= 0.3 is 0 Å². The predicted molar refractivity (Wildman–Crippen MR) is 63.6 cm³/mol. The van der Waals surface area contributed by atoms with E-state index in [9.17, 15) is 8.42 Å². The molecule has 1 aliphatic carbocycles. The summed E-state index contributed by atoms with van der Waals surface area (Å²) in [7, 11) is -3.28. The van der Waals surface area contributed by atoms with Crippen molar-refractivity contribution in [1.82, 2.24) is 4.72 Å². The van der Waals surface area contributed by atoms with Crippen LogP contribution >= 0.6 is 11.8 Å². The topological polar surface area (TPSA) is 66.4 Å². The summed E-state index contributed by atoms with van der Waals surface area (Å²) in [5.41, 5.74) is 0. The molecule has 4 nitrogen and oxygen atoms in total. The average molecular weight is 253 g/mol. The van der Waals surface area contributed by atoms with Crippen molar-refractivity contribution >= 4 is 21.8 Å². The van der Waals surface area contributed by atoms with Crippen LogP contribution in [-0.2, 0) is 10.0 Å². The standard InChI is InChI=1S/C9H19NO3S2/c1-2-14-9-5-3-4-8(9)10-15(12,13)7-6-11/h8-11H,2-7H2,1H3. The molecular weight excluding hydrogens is 234 g/mol. The fourth-order valence-corrected chi connectivity index (χ4v) is 4.27. The highest BCUT2D eigenvalue weighted by Gasteiger charge is 2.30. The molecule has 0 heterocycles. The number of hydrogen-bond donors (Lipinski definition) is 2. The third-order valence-electron chi connectivity index (χ3n) is 2.52. The SMILES string of the molecule is CCSC1CCCC1NS(=O)(=O)CCO. The van der Waals surface area contributed by atoms with Crippen LogP contribution in [0.3, 0.4) is 0 Å². The van der Waals surface area contributed by atoms with Crippen molar-refractivity contribution in [2.75, 3.05) is 18.1 Å². The highest BCUT2D eigenvalue weighted by atomic mass is 32.2. The van der Waals surface area contributed by atoms with Gasteiger partial charge in [0.2, 0.25) is 10.0 Å². The highest BCUT2D eigenvalue weighted by molar-refractivity contribution is 8.00. The van der Waals surface area contributed by atoms with E-state index in [4.69, 9.17) is 5.11 Å². The predicted octanol–water partition coefficient (Wildman–Crippen LogP) is 0.572. The highest BCUT2D eigenvalue weighted by Crippen LogP contribution is 2.30. The molecule has 0 amide bonds. The maximum Gasteiger partial charge on any atom is 0.214 e. The van der Waals surface area contributed by atoms with Crippen LogP contribution in [0.4, 0.5) is 0 Å². The Hall–Kier alpha value is 0.220. The van der Waals surface area contributed by atoms with Gasteiger partial charge in [-0.25, -0.2) is 13.1 Å². The summed E-state index contributed by atoms with van der Waals surface area (Å²) >= 11 is 1.82. The van der Waals surface area contributed by atoms with Gasteiger partial charge in [-0.1, -0.05) is 13.3 Å². The quantitative estimate of drug-likeness (QED) is 0.726. The molecule has 15 heavy (non-hydrogen) atoms. The van der Waals surface area contributed by atoms with Gasteiger partial charge in [-0.05, 0) is 18.6 Å². The summed E-state index contributed by atoms with van der Waals surface area (Å²) in [5, 5.41) is 9.03. The van der Waals surface area contributed by atoms with Crippen LogP contribution in [0.15, 0.2) is 0 Å². The Bertz CT molecular complexity index is 279. The lowest BCUT2D eigenvalue weighted by atomic mass is 10.3. The first-order valence-corrected chi connectivity index (χ1v) is 8.01.